The first kappa shape index (κ1) is 21.0. The maximum absolute atomic E-state index is 12.4. The molecule has 0 fully saturated rings. The number of aromatic nitrogens is 3. The molecule has 1 N–H and O–H groups in total. The van der Waals surface area contributed by atoms with Gasteiger partial charge in [0, 0.05) is 28.4 Å². The minimum absolute atomic E-state index is 0.0269. The van der Waals surface area contributed by atoms with E-state index in [4.69, 9.17) is 0 Å². The zero-order chi connectivity index (χ0) is 20.9. The van der Waals surface area contributed by atoms with Crippen LogP contribution in [0.2, 0.25) is 0 Å². The number of thioether (sulfide) groups is 1. The van der Waals surface area contributed by atoms with Crippen LogP contribution in [0.4, 0.5) is 5.69 Å². The summed E-state index contributed by atoms with van der Waals surface area (Å²) in [5, 5.41) is 12.4. The highest BCUT2D eigenvalue weighted by Crippen LogP contribution is 2.31. The van der Waals surface area contributed by atoms with E-state index >= 15 is 0 Å². The third kappa shape index (κ3) is 5.26. The average molecular weight is 439 g/mol. The lowest BCUT2D eigenvalue weighted by Crippen LogP contribution is -2.14. The van der Waals surface area contributed by atoms with Crippen LogP contribution in [0.5, 0.6) is 0 Å². The number of amides is 1. The first-order valence-electron chi connectivity index (χ1n) is 10.3. The molecule has 1 amide bonds. The molecule has 30 heavy (non-hydrogen) atoms. The molecule has 2 aromatic carbocycles. The molecule has 0 aliphatic carbocycles. The van der Waals surface area contributed by atoms with Crippen molar-refractivity contribution in [2.45, 2.75) is 61.0 Å². The molecule has 2 heterocycles. The summed E-state index contributed by atoms with van der Waals surface area (Å²) >= 11 is 3.20. The second-order valence-electron chi connectivity index (χ2n) is 7.59. The molecule has 7 heteroatoms. The number of benzene rings is 2. The highest BCUT2D eigenvalue weighted by Gasteiger charge is 2.16. The number of hydrogen-bond acceptors (Lipinski definition) is 5. The minimum Gasteiger partial charge on any atom is -0.325 e. The van der Waals surface area contributed by atoms with E-state index in [2.05, 4.69) is 52.1 Å². The van der Waals surface area contributed by atoms with Gasteiger partial charge >= 0.3 is 0 Å². The van der Waals surface area contributed by atoms with Crippen molar-refractivity contribution in [1.29, 1.82) is 0 Å². The van der Waals surface area contributed by atoms with Gasteiger partial charge in [-0.1, -0.05) is 42.1 Å². The maximum Gasteiger partial charge on any atom is 0.234 e. The van der Waals surface area contributed by atoms with Crippen LogP contribution in [0.3, 0.4) is 0 Å². The van der Waals surface area contributed by atoms with Gasteiger partial charge in [-0.3, -0.25) is 4.79 Å². The van der Waals surface area contributed by atoms with E-state index in [1.807, 2.05) is 24.3 Å². The van der Waals surface area contributed by atoms with Gasteiger partial charge in [-0.2, -0.15) is 0 Å². The van der Waals surface area contributed by atoms with E-state index in [-0.39, 0.29) is 5.91 Å². The number of anilines is 1. The number of fused-ring (bicyclic) bond motifs is 1. The van der Waals surface area contributed by atoms with Crippen LogP contribution < -0.4 is 5.32 Å². The zero-order valence-corrected chi connectivity index (χ0v) is 19.0. The Morgan fingerprint density at radius 1 is 1.07 bits per heavy atom. The van der Waals surface area contributed by atoms with E-state index in [9.17, 15) is 4.79 Å². The van der Waals surface area contributed by atoms with E-state index < -0.39 is 0 Å². The van der Waals surface area contributed by atoms with E-state index in [0.717, 1.165) is 41.0 Å². The Morgan fingerprint density at radius 2 is 1.90 bits per heavy atom. The molecule has 1 aromatic heterocycles. The van der Waals surface area contributed by atoms with Gasteiger partial charge in [0.2, 0.25) is 5.91 Å². The van der Waals surface area contributed by atoms with Crippen LogP contribution >= 0.6 is 23.5 Å². The number of nitrogens with zero attached hydrogens (tertiary/aromatic N) is 3. The predicted octanol–water partition coefficient (Wildman–Crippen LogP) is 5.50. The van der Waals surface area contributed by atoms with Crippen LogP contribution in [0.15, 0.2) is 57.4 Å². The molecule has 0 atom stereocenters. The summed E-state index contributed by atoms with van der Waals surface area (Å²) in [6.45, 7) is 5.19. The SMILES string of the molecule is Cc1ccc(C)c(Sc2ccc(NC(=O)CSc3nnc4n3CCCCC4)cc2)c1. The van der Waals surface area contributed by atoms with Crippen LogP contribution in [-0.2, 0) is 17.8 Å². The van der Waals surface area contributed by atoms with Gasteiger partial charge in [-0.25, -0.2) is 0 Å². The molecular formula is C23H26N4OS2. The van der Waals surface area contributed by atoms with Crippen molar-refractivity contribution in [2.24, 2.45) is 0 Å². The first-order valence-corrected chi connectivity index (χ1v) is 12.1. The van der Waals surface area contributed by atoms with Gasteiger partial charge in [0.05, 0.1) is 5.75 Å². The molecule has 0 bridgehead atoms. The van der Waals surface area contributed by atoms with Crippen molar-refractivity contribution in [1.82, 2.24) is 14.8 Å². The summed E-state index contributed by atoms with van der Waals surface area (Å²) in [6, 6.07) is 14.5. The van der Waals surface area contributed by atoms with Gasteiger partial charge in [0.1, 0.15) is 5.82 Å². The Morgan fingerprint density at radius 3 is 2.73 bits per heavy atom. The summed E-state index contributed by atoms with van der Waals surface area (Å²) < 4.78 is 2.17. The Bertz CT molecular complexity index is 1030. The molecule has 5 nitrogen and oxygen atoms in total. The van der Waals surface area contributed by atoms with Gasteiger partial charge in [0.15, 0.2) is 5.16 Å². The Hall–Kier alpha value is -2.25. The predicted molar refractivity (Wildman–Crippen MR) is 123 cm³/mol. The monoisotopic (exact) mass is 438 g/mol. The summed E-state index contributed by atoms with van der Waals surface area (Å²) in [4.78, 5) is 14.8. The van der Waals surface area contributed by atoms with Crippen LogP contribution in [0.1, 0.15) is 36.2 Å². The third-order valence-corrected chi connectivity index (χ3v) is 7.25. The molecule has 156 valence electrons. The van der Waals surface area contributed by atoms with Crippen molar-refractivity contribution >= 4 is 35.1 Å². The molecule has 0 saturated carbocycles. The summed E-state index contributed by atoms with van der Waals surface area (Å²) in [6.07, 6.45) is 4.52. The molecule has 0 radical (unpaired) electrons. The summed E-state index contributed by atoms with van der Waals surface area (Å²) in [7, 11) is 0. The second-order valence-corrected chi connectivity index (χ2v) is 9.65. The van der Waals surface area contributed by atoms with Crippen LogP contribution in [0, 0.1) is 13.8 Å². The van der Waals surface area contributed by atoms with Crippen molar-refractivity contribution in [3.8, 4) is 0 Å². The van der Waals surface area contributed by atoms with Crippen molar-refractivity contribution in [2.75, 3.05) is 11.1 Å². The number of hydrogen-bond donors (Lipinski definition) is 1. The normalized spacial score (nSPS) is 13.5. The molecule has 0 spiro atoms. The van der Waals surface area contributed by atoms with Crippen molar-refractivity contribution < 1.29 is 4.79 Å². The minimum atomic E-state index is -0.0269. The standard InChI is InChI=1S/C23H26N4OS2/c1-16-7-8-17(2)20(14-16)30-19-11-9-18(10-12-19)24-22(28)15-29-23-26-25-21-6-4-3-5-13-27(21)23/h7-12,14H,3-6,13,15H2,1-2H3,(H,24,28). The molecule has 0 saturated heterocycles. The quantitative estimate of drug-likeness (QED) is 0.515. The fraction of sp³-hybridized carbons (Fsp3) is 0.348. The van der Waals surface area contributed by atoms with Gasteiger partial charge in [0.25, 0.3) is 0 Å². The largest absolute Gasteiger partial charge is 0.325 e. The molecule has 1 aliphatic heterocycles. The van der Waals surface area contributed by atoms with Crippen LogP contribution in [-0.4, -0.2) is 26.4 Å². The fourth-order valence-corrected chi connectivity index (χ4v) is 5.23. The molecule has 3 aromatic rings. The Labute approximate surface area is 186 Å². The van der Waals surface area contributed by atoms with E-state index in [1.165, 1.54) is 40.6 Å². The first-order chi connectivity index (χ1) is 14.6. The lowest BCUT2D eigenvalue weighted by atomic mass is 10.2. The summed E-state index contributed by atoms with van der Waals surface area (Å²) in [5.41, 5.74) is 3.34. The smallest absolute Gasteiger partial charge is 0.234 e. The average Bonchev–Trinajstić information content (AvgIpc) is 2.96. The van der Waals surface area contributed by atoms with Crippen molar-refractivity contribution in [3.05, 3.63) is 59.4 Å². The molecular weight excluding hydrogens is 412 g/mol. The highest BCUT2D eigenvalue weighted by molar-refractivity contribution is 7.99. The molecule has 4 rings (SSSR count). The van der Waals surface area contributed by atoms with Gasteiger partial charge in [-0.05, 0) is 68.1 Å². The number of carbonyl (C=O) groups excluding carboxylic acids is 1. The molecule has 0 unspecified atom stereocenters. The third-order valence-electron chi connectivity index (χ3n) is 5.12. The topological polar surface area (TPSA) is 59.8 Å². The molecule has 1 aliphatic rings. The van der Waals surface area contributed by atoms with E-state index in [1.54, 1.807) is 11.8 Å². The highest BCUT2D eigenvalue weighted by atomic mass is 32.2. The number of aryl methyl sites for hydroxylation is 3. The number of carbonyl (C=O) groups is 1. The Kier molecular flexibility index (Phi) is 6.79. The maximum atomic E-state index is 12.4. The fourth-order valence-electron chi connectivity index (χ4n) is 3.44. The number of rotatable bonds is 6. The lowest BCUT2D eigenvalue weighted by molar-refractivity contribution is -0.113. The van der Waals surface area contributed by atoms with Gasteiger partial charge < -0.3 is 9.88 Å². The zero-order valence-electron chi connectivity index (χ0n) is 17.4. The van der Waals surface area contributed by atoms with Gasteiger partial charge in [-0.15, -0.1) is 10.2 Å². The summed E-state index contributed by atoms with van der Waals surface area (Å²) in [5.74, 6) is 1.35. The lowest BCUT2D eigenvalue weighted by Gasteiger charge is -2.09. The van der Waals surface area contributed by atoms with Crippen LogP contribution in [0.25, 0.3) is 0 Å². The second kappa shape index (κ2) is 9.71. The van der Waals surface area contributed by atoms with Crippen molar-refractivity contribution in [3.63, 3.8) is 0 Å². The number of nitrogens with one attached hydrogen (secondary N) is 1. The Balaban J connectivity index is 1.32. The van der Waals surface area contributed by atoms with E-state index in [0.29, 0.717) is 5.75 Å².